The van der Waals surface area contributed by atoms with Gasteiger partial charge in [0.2, 0.25) is 0 Å². The van der Waals surface area contributed by atoms with E-state index in [4.69, 9.17) is 5.73 Å². The summed E-state index contributed by atoms with van der Waals surface area (Å²) < 4.78 is 0. The number of carbonyl (C=O) groups is 1. The number of aromatic nitrogens is 1. The van der Waals surface area contributed by atoms with E-state index in [9.17, 15) is 14.9 Å². The van der Waals surface area contributed by atoms with Gasteiger partial charge in [0, 0.05) is 12.6 Å². The van der Waals surface area contributed by atoms with Crippen molar-refractivity contribution in [3.8, 4) is 0 Å². The van der Waals surface area contributed by atoms with E-state index in [0.29, 0.717) is 12.5 Å². The minimum atomic E-state index is -0.520. The van der Waals surface area contributed by atoms with Crippen LogP contribution in [-0.4, -0.2) is 46.8 Å². The highest BCUT2D eigenvalue weighted by Crippen LogP contribution is 2.17. The molecule has 2 rings (SSSR count). The lowest BCUT2D eigenvalue weighted by atomic mass is 10.1. The molecule has 1 aliphatic heterocycles. The lowest BCUT2D eigenvalue weighted by molar-refractivity contribution is -0.384. The van der Waals surface area contributed by atoms with E-state index < -0.39 is 4.92 Å². The SMILES string of the molecule is NCC1CCN(CC(=O)c2cc([N+](=O)[O-])c[nH]2)C1. The van der Waals surface area contributed by atoms with E-state index in [1.165, 1.54) is 12.3 Å². The van der Waals surface area contributed by atoms with Crippen molar-refractivity contribution in [1.82, 2.24) is 9.88 Å². The first kappa shape index (κ1) is 12.7. The summed E-state index contributed by atoms with van der Waals surface area (Å²) in [4.78, 5) is 26.6. The van der Waals surface area contributed by atoms with Gasteiger partial charge in [-0.15, -0.1) is 0 Å². The Hall–Kier alpha value is -1.73. The molecule has 1 atom stereocenters. The van der Waals surface area contributed by atoms with Crippen molar-refractivity contribution in [3.05, 3.63) is 28.1 Å². The summed E-state index contributed by atoms with van der Waals surface area (Å²) in [5, 5.41) is 10.5. The molecule has 0 radical (unpaired) electrons. The molecule has 7 nitrogen and oxygen atoms in total. The van der Waals surface area contributed by atoms with Crippen LogP contribution in [0.5, 0.6) is 0 Å². The van der Waals surface area contributed by atoms with E-state index in [2.05, 4.69) is 4.98 Å². The average Bonchev–Trinajstić information content (AvgIpc) is 2.97. The standard InChI is InChI=1S/C11H16N4O3/c12-4-8-1-2-14(6-8)7-11(16)10-3-9(5-13-10)15(17)18/h3,5,8,13H,1-2,4,6-7,12H2. The van der Waals surface area contributed by atoms with Gasteiger partial charge < -0.3 is 10.7 Å². The van der Waals surface area contributed by atoms with Gasteiger partial charge >= 0.3 is 0 Å². The maximum Gasteiger partial charge on any atom is 0.287 e. The Balaban J connectivity index is 1.93. The van der Waals surface area contributed by atoms with Gasteiger partial charge in [-0.2, -0.15) is 0 Å². The third-order valence-corrected chi connectivity index (χ3v) is 3.25. The zero-order valence-corrected chi connectivity index (χ0v) is 9.96. The Morgan fingerprint density at radius 3 is 3.00 bits per heavy atom. The first-order valence-electron chi connectivity index (χ1n) is 5.88. The van der Waals surface area contributed by atoms with Gasteiger partial charge in [-0.3, -0.25) is 19.8 Å². The molecule has 1 saturated heterocycles. The van der Waals surface area contributed by atoms with Crippen LogP contribution in [0, 0.1) is 16.0 Å². The maximum absolute atomic E-state index is 11.9. The summed E-state index contributed by atoms with van der Waals surface area (Å²) in [6.45, 7) is 2.61. The summed E-state index contributed by atoms with van der Waals surface area (Å²) in [7, 11) is 0. The third kappa shape index (κ3) is 2.74. The van der Waals surface area contributed by atoms with Crippen molar-refractivity contribution in [2.75, 3.05) is 26.2 Å². The molecule has 7 heteroatoms. The summed E-state index contributed by atoms with van der Waals surface area (Å²) >= 11 is 0. The van der Waals surface area contributed by atoms with Crippen LogP contribution in [0.1, 0.15) is 16.9 Å². The molecule has 1 unspecified atom stereocenters. The summed E-state index contributed by atoms with van der Waals surface area (Å²) in [5.41, 5.74) is 5.79. The van der Waals surface area contributed by atoms with E-state index in [-0.39, 0.29) is 23.7 Å². The van der Waals surface area contributed by atoms with Crippen molar-refractivity contribution < 1.29 is 9.72 Å². The number of carbonyl (C=O) groups excluding carboxylic acids is 1. The molecule has 2 heterocycles. The van der Waals surface area contributed by atoms with Crippen LogP contribution >= 0.6 is 0 Å². The van der Waals surface area contributed by atoms with Crippen LogP contribution in [0.3, 0.4) is 0 Å². The van der Waals surface area contributed by atoms with Gasteiger partial charge in [0.15, 0.2) is 5.78 Å². The Kier molecular flexibility index (Phi) is 3.73. The van der Waals surface area contributed by atoms with Crippen LogP contribution in [-0.2, 0) is 0 Å². The van der Waals surface area contributed by atoms with E-state index in [0.717, 1.165) is 19.5 Å². The van der Waals surface area contributed by atoms with Gasteiger partial charge in [-0.1, -0.05) is 0 Å². The zero-order valence-electron chi connectivity index (χ0n) is 9.96. The second-order valence-corrected chi connectivity index (χ2v) is 4.58. The Labute approximate surface area is 104 Å². The lowest BCUT2D eigenvalue weighted by Gasteiger charge is -2.13. The maximum atomic E-state index is 11.9. The fraction of sp³-hybridized carbons (Fsp3) is 0.545. The lowest BCUT2D eigenvalue weighted by Crippen LogP contribution is -2.29. The molecule has 1 aromatic heterocycles. The minimum Gasteiger partial charge on any atom is -0.353 e. The molecule has 98 valence electrons. The van der Waals surface area contributed by atoms with Gasteiger partial charge in [-0.05, 0) is 25.4 Å². The number of nitrogens with one attached hydrogen (secondary N) is 1. The number of nitrogens with two attached hydrogens (primary N) is 1. The van der Waals surface area contributed by atoms with Crippen LogP contribution < -0.4 is 5.73 Å². The molecule has 0 saturated carbocycles. The molecular formula is C11H16N4O3. The van der Waals surface area contributed by atoms with Crippen LogP contribution in [0.4, 0.5) is 5.69 Å². The fourth-order valence-electron chi connectivity index (χ4n) is 2.19. The summed E-state index contributed by atoms with van der Waals surface area (Å²) in [6.07, 6.45) is 2.24. The molecule has 1 aliphatic rings. The average molecular weight is 252 g/mol. The van der Waals surface area contributed by atoms with E-state index >= 15 is 0 Å². The van der Waals surface area contributed by atoms with E-state index in [1.54, 1.807) is 0 Å². The third-order valence-electron chi connectivity index (χ3n) is 3.25. The number of hydrogen-bond acceptors (Lipinski definition) is 5. The van der Waals surface area contributed by atoms with Crippen molar-refractivity contribution in [3.63, 3.8) is 0 Å². The predicted octanol–water partition coefficient (Wildman–Crippen LogP) is 0.386. The molecule has 0 amide bonds. The monoisotopic (exact) mass is 252 g/mol. The highest BCUT2D eigenvalue weighted by molar-refractivity contribution is 5.96. The van der Waals surface area contributed by atoms with Crippen LogP contribution in [0.25, 0.3) is 0 Å². The number of hydrogen-bond donors (Lipinski definition) is 2. The second-order valence-electron chi connectivity index (χ2n) is 4.58. The quantitative estimate of drug-likeness (QED) is 0.448. The molecular weight excluding hydrogens is 236 g/mol. The molecule has 0 aliphatic carbocycles. The first-order chi connectivity index (χ1) is 8.60. The normalized spacial score (nSPS) is 20.2. The minimum absolute atomic E-state index is 0.0837. The van der Waals surface area contributed by atoms with Crippen molar-refractivity contribution >= 4 is 11.5 Å². The van der Waals surface area contributed by atoms with Gasteiger partial charge in [0.25, 0.3) is 5.69 Å². The Morgan fingerprint density at radius 2 is 2.44 bits per heavy atom. The van der Waals surface area contributed by atoms with Gasteiger partial charge in [-0.25, -0.2) is 0 Å². The fourth-order valence-corrected chi connectivity index (χ4v) is 2.19. The Morgan fingerprint density at radius 1 is 1.67 bits per heavy atom. The molecule has 0 bridgehead atoms. The molecule has 0 spiro atoms. The summed E-state index contributed by atoms with van der Waals surface area (Å²) in [6, 6.07) is 1.28. The first-order valence-corrected chi connectivity index (χ1v) is 5.88. The topological polar surface area (TPSA) is 105 Å². The number of nitro groups is 1. The van der Waals surface area contributed by atoms with Crippen LogP contribution in [0.2, 0.25) is 0 Å². The number of nitrogens with zero attached hydrogens (tertiary/aromatic N) is 2. The molecule has 1 aromatic rings. The summed E-state index contributed by atoms with van der Waals surface area (Å²) in [5.74, 6) is 0.330. The highest BCUT2D eigenvalue weighted by atomic mass is 16.6. The molecule has 1 fully saturated rings. The Bertz CT molecular complexity index is 457. The van der Waals surface area contributed by atoms with Gasteiger partial charge in [0.05, 0.1) is 23.4 Å². The van der Waals surface area contributed by atoms with Crippen LogP contribution in [0.15, 0.2) is 12.3 Å². The number of rotatable bonds is 5. The number of Topliss-reactive ketones (excluding diaryl/α,β-unsaturated/α-hetero) is 1. The molecule has 18 heavy (non-hydrogen) atoms. The predicted molar refractivity (Wildman–Crippen MR) is 65.4 cm³/mol. The second kappa shape index (κ2) is 5.28. The number of likely N-dealkylation sites (tertiary alicyclic amines) is 1. The number of aromatic amines is 1. The highest BCUT2D eigenvalue weighted by Gasteiger charge is 2.24. The number of ketones is 1. The van der Waals surface area contributed by atoms with Crippen molar-refractivity contribution in [1.29, 1.82) is 0 Å². The smallest absolute Gasteiger partial charge is 0.287 e. The van der Waals surface area contributed by atoms with Gasteiger partial charge in [0.1, 0.15) is 0 Å². The molecule has 0 aromatic carbocycles. The van der Waals surface area contributed by atoms with E-state index in [1.807, 2.05) is 4.90 Å². The van der Waals surface area contributed by atoms with Crippen molar-refractivity contribution in [2.24, 2.45) is 11.7 Å². The zero-order chi connectivity index (χ0) is 13.1. The van der Waals surface area contributed by atoms with Crippen molar-refractivity contribution in [2.45, 2.75) is 6.42 Å². The molecule has 3 N–H and O–H groups in total. The largest absolute Gasteiger partial charge is 0.353 e. The number of H-pyrrole nitrogens is 1.